The third-order valence-electron chi connectivity index (χ3n) is 4.69. The third kappa shape index (κ3) is 4.31. The molecule has 3 nitrogen and oxygen atoms in total. The predicted molar refractivity (Wildman–Crippen MR) is 92.2 cm³/mol. The second-order valence-electron chi connectivity index (χ2n) is 6.42. The maximum atomic E-state index is 12.0. The van der Waals surface area contributed by atoms with Gasteiger partial charge in [0.05, 0.1) is 11.8 Å². The minimum Gasteiger partial charge on any atom is -0.393 e. The summed E-state index contributed by atoms with van der Waals surface area (Å²) in [5.41, 5.74) is 2.42. The summed E-state index contributed by atoms with van der Waals surface area (Å²) in [5.74, 6) is -1.06. The van der Waals surface area contributed by atoms with Gasteiger partial charge in [-0.2, -0.15) is 0 Å². The van der Waals surface area contributed by atoms with Gasteiger partial charge in [-0.1, -0.05) is 60.7 Å². The molecule has 3 rings (SSSR count). The Bertz CT molecular complexity index is 619. The van der Waals surface area contributed by atoms with Gasteiger partial charge >= 0.3 is 11.9 Å². The first-order valence-corrected chi connectivity index (χ1v) is 8.56. The van der Waals surface area contributed by atoms with Crippen LogP contribution >= 0.6 is 0 Å². The van der Waals surface area contributed by atoms with Crippen molar-refractivity contribution >= 4 is 11.9 Å². The number of benzene rings is 2. The molecule has 0 saturated carbocycles. The number of esters is 2. The van der Waals surface area contributed by atoms with E-state index in [2.05, 4.69) is 24.3 Å². The Morgan fingerprint density at radius 1 is 0.708 bits per heavy atom. The molecule has 2 aromatic carbocycles. The first kappa shape index (κ1) is 16.4. The molecule has 1 aliphatic rings. The molecular formula is C21H22O3. The number of rotatable bonds is 6. The smallest absolute Gasteiger partial charge is 0.316 e. The van der Waals surface area contributed by atoms with Crippen LogP contribution in [0.3, 0.4) is 0 Å². The van der Waals surface area contributed by atoms with Crippen LogP contribution in [0.2, 0.25) is 0 Å². The second-order valence-corrected chi connectivity index (χ2v) is 6.42. The van der Waals surface area contributed by atoms with E-state index in [1.165, 1.54) is 11.1 Å². The fourth-order valence-corrected chi connectivity index (χ4v) is 3.24. The van der Waals surface area contributed by atoms with E-state index >= 15 is 0 Å². The molecule has 2 aromatic rings. The third-order valence-corrected chi connectivity index (χ3v) is 4.69. The highest BCUT2D eigenvalue weighted by atomic mass is 16.6. The first-order valence-electron chi connectivity index (χ1n) is 8.56. The fourth-order valence-electron chi connectivity index (χ4n) is 3.24. The van der Waals surface area contributed by atoms with Gasteiger partial charge in [-0.25, -0.2) is 0 Å². The summed E-state index contributed by atoms with van der Waals surface area (Å²) in [6, 6.07) is 20.2. The van der Waals surface area contributed by atoms with Crippen molar-refractivity contribution < 1.29 is 14.3 Å². The molecule has 0 spiro atoms. The second kappa shape index (κ2) is 7.91. The molecule has 0 radical (unpaired) electrons. The number of carbonyl (C=O) groups excluding carboxylic acids is 2. The van der Waals surface area contributed by atoms with E-state index < -0.39 is 0 Å². The van der Waals surface area contributed by atoms with Crippen LogP contribution in [-0.4, -0.2) is 11.9 Å². The van der Waals surface area contributed by atoms with Crippen molar-refractivity contribution in [3.05, 3.63) is 71.8 Å². The van der Waals surface area contributed by atoms with Crippen LogP contribution in [0.4, 0.5) is 0 Å². The zero-order valence-electron chi connectivity index (χ0n) is 13.7. The lowest BCUT2D eigenvalue weighted by Gasteiger charge is -2.26. The quantitative estimate of drug-likeness (QED) is 0.597. The van der Waals surface area contributed by atoms with Crippen molar-refractivity contribution in [1.29, 1.82) is 0 Å². The van der Waals surface area contributed by atoms with Gasteiger partial charge in [0.1, 0.15) is 0 Å². The summed E-state index contributed by atoms with van der Waals surface area (Å²) < 4.78 is 5.01. The Kier molecular flexibility index (Phi) is 5.42. The normalized spacial score (nSPS) is 20.7. The summed E-state index contributed by atoms with van der Waals surface area (Å²) in [7, 11) is 0. The Hall–Kier alpha value is -2.42. The summed E-state index contributed by atoms with van der Waals surface area (Å²) in [5, 5.41) is 0. The zero-order chi connectivity index (χ0) is 16.8. The molecular weight excluding hydrogens is 300 g/mol. The number of cyclic esters (lactones) is 2. The zero-order valence-corrected chi connectivity index (χ0v) is 13.7. The van der Waals surface area contributed by atoms with Crippen molar-refractivity contribution in [2.24, 2.45) is 11.8 Å². The highest BCUT2D eigenvalue weighted by Crippen LogP contribution is 2.29. The van der Waals surface area contributed by atoms with Gasteiger partial charge in [0.25, 0.3) is 0 Å². The van der Waals surface area contributed by atoms with E-state index in [-0.39, 0.29) is 23.8 Å². The van der Waals surface area contributed by atoms with Crippen LogP contribution in [-0.2, 0) is 27.2 Å². The Morgan fingerprint density at radius 2 is 1.12 bits per heavy atom. The van der Waals surface area contributed by atoms with E-state index in [1.54, 1.807) is 0 Å². The molecule has 0 unspecified atom stereocenters. The standard InChI is InChI=1S/C21H22O3/c22-20-18(13-11-16-7-3-1-4-8-16)15-19(21(23)24-20)14-12-17-9-5-2-6-10-17/h1-10,18-19H,11-15H2/t18-,19-/m1/s1. The van der Waals surface area contributed by atoms with Crippen molar-refractivity contribution in [1.82, 2.24) is 0 Å². The monoisotopic (exact) mass is 322 g/mol. The summed E-state index contributed by atoms with van der Waals surface area (Å²) in [6.45, 7) is 0. The molecule has 0 aliphatic carbocycles. The number of aryl methyl sites for hydroxylation is 2. The molecule has 0 bridgehead atoms. The molecule has 3 heteroatoms. The van der Waals surface area contributed by atoms with Crippen molar-refractivity contribution in [2.45, 2.75) is 32.1 Å². The van der Waals surface area contributed by atoms with E-state index in [4.69, 9.17) is 4.74 Å². The van der Waals surface area contributed by atoms with Crippen LogP contribution in [0.25, 0.3) is 0 Å². The van der Waals surface area contributed by atoms with Crippen molar-refractivity contribution in [2.75, 3.05) is 0 Å². The summed E-state index contributed by atoms with van der Waals surface area (Å²) >= 11 is 0. The molecule has 0 amide bonds. The van der Waals surface area contributed by atoms with E-state index in [0.717, 1.165) is 25.7 Å². The van der Waals surface area contributed by atoms with Gasteiger partial charge in [0.15, 0.2) is 0 Å². The minimum atomic E-state index is -0.355. The molecule has 1 heterocycles. The number of hydrogen-bond acceptors (Lipinski definition) is 3. The number of ether oxygens (including phenoxy) is 1. The minimum absolute atomic E-state index is 0.177. The van der Waals surface area contributed by atoms with E-state index in [9.17, 15) is 9.59 Å². The maximum Gasteiger partial charge on any atom is 0.316 e. The van der Waals surface area contributed by atoms with Crippen molar-refractivity contribution in [3.8, 4) is 0 Å². The van der Waals surface area contributed by atoms with Crippen LogP contribution in [0.5, 0.6) is 0 Å². The molecule has 2 atom stereocenters. The topological polar surface area (TPSA) is 43.4 Å². The first-order chi connectivity index (χ1) is 11.7. The molecule has 1 fully saturated rings. The van der Waals surface area contributed by atoms with Gasteiger partial charge in [-0.05, 0) is 43.2 Å². The fraction of sp³-hybridized carbons (Fsp3) is 0.333. The lowest BCUT2D eigenvalue weighted by molar-refractivity contribution is -0.172. The van der Waals surface area contributed by atoms with E-state index in [1.807, 2.05) is 36.4 Å². The number of carbonyl (C=O) groups is 2. The Balaban J connectivity index is 1.55. The molecule has 0 N–H and O–H groups in total. The molecule has 0 aromatic heterocycles. The lowest BCUT2D eigenvalue weighted by atomic mass is 9.85. The average molecular weight is 322 g/mol. The van der Waals surface area contributed by atoms with Gasteiger partial charge in [-0.3, -0.25) is 9.59 Å². The van der Waals surface area contributed by atoms with Gasteiger partial charge in [-0.15, -0.1) is 0 Å². The van der Waals surface area contributed by atoms with Crippen LogP contribution in [0.15, 0.2) is 60.7 Å². The van der Waals surface area contributed by atoms with Gasteiger partial charge in [0, 0.05) is 0 Å². The highest BCUT2D eigenvalue weighted by molar-refractivity contribution is 5.90. The molecule has 24 heavy (non-hydrogen) atoms. The largest absolute Gasteiger partial charge is 0.393 e. The van der Waals surface area contributed by atoms with Crippen LogP contribution in [0, 0.1) is 11.8 Å². The Labute approximate surface area is 142 Å². The van der Waals surface area contributed by atoms with Crippen molar-refractivity contribution in [3.63, 3.8) is 0 Å². The van der Waals surface area contributed by atoms with Gasteiger partial charge in [0.2, 0.25) is 0 Å². The maximum absolute atomic E-state index is 12.0. The highest BCUT2D eigenvalue weighted by Gasteiger charge is 2.36. The van der Waals surface area contributed by atoms with E-state index in [0.29, 0.717) is 6.42 Å². The van der Waals surface area contributed by atoms with Gasteiger partial charge < -0.3 is 4.74 Å². The lowest BCUT2D eigenvalue weighted by Crippen LogP contribution is -2.35. The predicted octanol–water partition coefficient (Wildman–Crippen LogP) is 3.96. The SMILES string of the molecule is O=C1OC(=O)[C@H](CCc2ccccc2)C[C@H]1CCc1ccccc1. The van der Waals surface area contributed by atoms with Crippen LogP contribution in [0.1, 0.15) is 30.4 Å². The molecule has 124 valence electrons. The summed E-state index contributed by atoms with van der Waals surface area (Å²) in [6.07, 6.45) is 3.74. The molecule has 1 aliphatic heterocycles. The van der Waals surface area contributed by atoms with Crippen LogP contribution < -0.4 is 0 Å². The molecule has 1 saturated heterocycles. The number of hydrogen-bond donors (Lipinski definition) is 0. The summed E-state index contributed by atoms with van der Waals surface area (Å²) in [4.78, 5) is 24.0. The average Bonchev–Trinajstić information content (AvgIpc) is 2.62. The Morgan fingerprint density at radius 3 is 1.54 bits per heavy atom.